The van der Waals surface area contributed by atoms with Gasteiger partial charge in [0.1, 0.15) is 11.5 Å². The van der Waals surface area contributed by atoms with Crippen molar-refractivity contribution in [2.75, 3.05) is 0 Å². The predicted octanol–water partition coefficient (Wildman–Crippen LogP) is 4.03. The highest BCUT2D eigenvalue weighted by Gasteiger charge is 2.24. The van der Waals surface area contributed by atoms with E-state index in [-0.39, 0.29) is 30.3 Å². The summed E-state index contributed by atoms with van der Waals surface area (Å²) in [5, 5.41) is 3.02. The average Bonchev–Trinajstić information content (AvgIpc) is 2.62. The molecule has 0 aliphatic heterocycles. The Morgan fingerprint density at radius 3 is 2.40 bits per heavy atom. The van der Waals surface area contributed by atoms with E-state index in [4.69, 9.17) is 10.5 Å². The molecule has 3 rings (SSSR count). The van der Waals surface area contributed by atoms with Gasteiger partial charge in [-0.25, -0.2) is 0 Å². The van der Waals surface area contributed by atoms with Crippen LogP contribution in [-0.2, 0) is 11.3 Å². The summed E-state index contributed by atoms with van der Waals surface area (Å²) in [5.74, 6) is 1.78. The summed E-state index contributed by atoms with van der Waals surface area (Å²) < 4.78 is 5.76. The van der Waals surface area contributed by atoms with Crippen LogP contribution in [0.15, 0.2) is 54.6 Å². The zero-order chi connectivity index (χ0) is 16.8. The number of hydrogen-bond acceptors (Lipinski definition) is 3. The number of amides is 1. The van der Waals surface area contributed by atoms with Gasteiger partial charge in [0, 0.05) is 18.5 Å². The standard InChI is InChI=1S/C20H24N2O2.ClH/c21-17-6-4-5-16(13-17)20(23)22-14-15-9-11-19(12-10-15)24-18-7-2-1-3-8-18;/h1-3,7-12,16-17H,4-6,13-14,21H2,(H,22,23);1H. The Bertz CT molecular complexity index is 661. The Balaban J connectivity index is 0.00000225. The Morgan fingerprint density at radius 2 is 1.72 bits per heavy atom. The van der Waals surface area contributed by atoms with Crippen molar-refractivity contribution in [2.45, 2.75) is 38.3 Å². The van der Waals surface area contributed by atoms with Crippen LogP contribution in [0.25, 0.3) is 0 Å². The summed E-state index contributed by atoms with van der Waals surface area (Å²) >= 11 is 0. The molecule has 2 aromatic rings. The van der Waals surface area contributed by atoms with Gasteiger partial charge in [-0.2, -0.15) is 0 Å². The lowest BCUT2D eigenvalue weighted by Gasteiger charge is -2.25. The zero-order valence-electron chi connectivity index (χ0n) is 14.2. The molecule has 1 saturated carbocycles. The first-order valence-electron chi connectivity index (χ1n) is 8.56. The molecule has 2 aromatic carbocycles. The first kappa shape index (κ1) is 19.3. The van der Waals surface area contributed by atoms with Crippen molar-refractivity contribution < 1.29 is 9.53 Å². The minimum atomic E-state index is 0. The van der Waals surface area contributed by atoms with Gasteiger partial charge in [0.15, 0.2) is 0 Å². The Kier molecular flexibility index (Phi) is 7.29. The topological polar surface area (TPSA) is 64.4 Å². The quantitative estimate of drug-likeness (QED) is 0.845. The minimum absolute atomic E-state index is 0. The van der Waals surface area contributed by atoms with Crippen LogP contribution in [0.4, 0.5) is 0 Å². The predicted molar refractivity (Wildman–Crippen MR) is 102 cm³/mol. The Morgan fingerprint density at radius 1 is 1.04 bits per heavy atom. The van der Waals surface area contributed by atoms with E-state index in [0.717, 1.165) is 42.7 Å². The van der Waals surface area contributed by atoms with Crippen LogP contribution in [0.3, 0.4) is 0 Å². The maximum atomic E-state index is 12.2. The van der Waals surface area contributed by atoms with Gasteiger partial charge >= 0.3 is 0 Å². The number of halogens is 1. The molecular formula is C20H25ClN2O2. The van der Waals surface area contributed by atoms with Crippen molar-refractivity contribution in [3.63, 3.8) is 0 Å². The minimum Gasteiger partial charge on any atom is -0.457 e. The lowest BCUT2D eigenvalue weighted by atomic mass is 9.85. The van der Waals surface area contributed by atoms with Gasteiger partial charge in [0.05, 0.1) is 0 Å². The lowest BCUT2D eigenvalue weighted by molar-refractivity contribution is -0.126. The summed E-state index contributed by atoms with van der Waals surface area (Å²) in [5.41, 5.74) is 7.02. The van der Waals surface area contributed by atoms with E-state index in [1.807, 2.05) is 54.6 Å². The molecule has 0 heterocycles. The highest BCUT2D eigenvalue weighted by atomic mass is 35.5. The number of carbonyl (C=O) groups excluding carboxylic acids is 1. The van der Waals surface area contributed by atoms with Crippen LogP contribution in [0.5, 0.6) is 11.5 Å². The number of para-hydroxylation sites is 1. The molecule has 1 fully saturated rings. The Labute approximate surface area is 155 Å². The van der Waals surface area contributed by atoms with Crippen molar-refractivity contribution in [3.05, 3.63) is 60.2 Å². The fourth-order valence-electron chi connectivity index (χ4n) is 3.10. The number of nitrogens with two attached hydrogens (primary N) is 1. The number of carbonyl (C=O) groups is 1. The fraction of sp³-hybridized carbons (Fsp3) is 0.350. The molecular weight excluding hydrogens is 336 g/mol. The van der Waals surface area contributed by atoms with Crippen LogP contribution in [0.1, 0.15) is 31.2 Å². The molecule has 0 radical (unpaired) electrons. The highest BCUT2D eigenvalue weighted by molar-refractivity contribution is 5.85. The molecule has 0 aromatic heterocycles. The lowest BCUT2D eigenvalue weighted by Crippen LogP contribution is -2.37. The molecule has 2 unspecified atom stereocenters. The molecule has 2 atom stereocenters. The zero-order valence-corrected chi connectivity index (χ0v) is 15.0. The molecule has 25 heavy (non-hydrogen) atoms. The third kappa shape index (κ3) is 5.76. The van der Waals surface area contributed by atoms with E-state index in [1.54, 1.807) is 0 Å². The van der Waals surface area contributed by atoms with Crippen molar-refractivity contribution in [2.24, 2.45) is 11.7 Å². The summed E-state index contributed by atoms with van der Waals surface area (Å²) in [4.78, 5) is 12.2. The average molecular weight is 361 g/mol. The largest absolute Gasteiger partial charge is 0.457 e. The van der Waals surface area contributed by atoms with Crippen molar-refractivity contribution in [3.8, 4) is 11.5 Å². The maximum Gasteiger partial charge on any atom is 0.223 e. The van der Waals surface area contributed by atoms with Gasteiger partial charge in [-0.15, -0.1) is 12.4 Å². The third-order valence-corrected chi connectivity index (χ3v) is 4.45. The second kappa shape index (κ2) is 9.44. The molecule has 0 bridgehead atoms. The molecule has 3 N–H and O–H groups in total. The molecule has 1 aliphatic rings. The number of rotatable bonds is 5. The van der Waals surface area contributed by atoms with Crippen LogP contribution >= 0.6 is 12.4 Å². The normalized spacial score (nSPS) is 19.6. The van der Waals surface area contributed by atoms with Gasteiger partial charge in [-0.3, -0.25) is 4.79 Å². The van der Waals surface area contributed by atoms with E-state index in [2.05, 4.69) is 5.32 Å². The molecule has 134 valence electrons. The SMILES string of the molecule is Cl.NC1CCCC(C(=O)NCc2ccc(Oc3ccccc3)cc2)C1. The summed E-state index contributed by atoms with van der Waals surface area (Å²) in [7, 11) is 0. The summed E-state index contributed by atoms with van der Waals surface area (Å²) in [6.45, 7) is 0.538. The second-order valence-electron chi connectivity index (χ2n) is 6.40. The molecule has 0 saturated heterocycles. The van der Waals surface area contributed by atoms with Crippen LogP contribution in [-0.4, -0.2) is 11.9 Å². The molecule has 4 nitrogen and oxygen atoms in total. The molecule has 0 spiro atoms. The monoisotopic (exact) mass is 360 g/mol. The van der Waals surface area contributed by atoms with E-state index < -0.39 is 0 Å². The van der Waals surface area contributed by atoms with Gasteiger partial charge in [-0.05, 0) is 49.1 Å². The Hall–Kier alpha value is -2.04. The van der Waals surface area contributed by atoms with Gasteiger partial charge in [0.2, 0.25) is 5.91 Å². The van der Waals surface area contributed by atoms with Crippen molar-refractivity contribution >= 4 is 18.3 Å². The van der Waals surface area contributed by atoms with E-state index in [9.17, 15) is 4.79 Å². The van der Waals surface area contributed by atoms with Crippen molar-refractivity contribution in [1.82, 2.24) is 5.32 Å². The highest BCUT2D eigenvalue weighted by Crippen LogP contribution is 2.24. The van der Waals surface area contributed by atoms with Crippen LogP contribution in [0.2, 0.25) is 0 Å². The molecule has 1 amide bonds. The van der Waals surface area contributed by atoms with E-state index in [1.165, 1.54) is 0 Å². The molecule has 5 heteroatoms. The first-order chi connectivity index (χ1) is 11.7. The van der Waals surface area contributed by atoms with Gasteiger partial charge < -0.3 is 15.8 Å². The van der Waals surface area contributed by atoms with Crippen molar-refractivity contribution in [1.29, 1.82) is 0 Å². The van der Waals surface area contributed by atoms with Crippen LogP contribution < -0.4 is 15.8 Å². The third-order valence-electron chi connectivity index (χ3n) is 4.45. The number of hydrogen-bond donors (Lipinski definition) is 2. The van der Waals surface area contributed by atoms with Crippen LogP contribution in [0, 0.1) is 5.92 Å². The van der Waals surface area contributed by atoms with Gasteiger partial charge in [-0.1, -0.05) is 36.8 Å². The molecule has 1 aliphatic carbocycles. The smallest absolute Gasteiger partial charge is 0.223 e. The number of benzene rings is 2. The number of ether oxygens (including phenoxy) is 1. The van der Waals surface area contributed by atoms with E-state index >= 15 is 0 Å². The first-order valence-corrected chi connectivity index (χ1v) is 8.56. The second-order valence-corrected chi connectivity index (χ2v) is 6.40. The summed E-state index contributed by atoms with van der Waals surface area (Å²) in [6, 6.07) is 17.6. The van der Waals surface area contributed by atoms with E-state index in [0.29, 0.717) is 6.54 Å². The maximum absolute atomic E-state index is 12.2. The summed E-state index contributed by atoms with van der Waals surface area (Å²) in [6.07, 6.45) is 3.83. The fourth-order valence-corrected chi connectivity index (χ4v) is 3.10. The van der Waals surface area contributed by atoms with Gasteiger partial charge in [0.25, 0.3) is 0 Å². The number of nitrogens with one attached hydrogen (secondary N) is 1.